The van der Waals surface area contributed by atoms with Crippen LogP contribution in [0.2, 0.25) is 0 Å². The van der Waals surface area contributed by atoms with E-state index in [2.05, 4.69) is 10.6 Å². The van der Waals surface area contributed by atoms with E-state index >= 15 is 0 Å². The minimum atomic E-state index is -0.110. The maximum absolute atomic E-state index is 12.2. The molecule has 3 rings (SSSR count). The molecule has 0 radical (unpaired) electrons. The summed E-state index contributed by atoms with van der Waals surface area (Å²) >= 11 is 0. The van der Waals surface area contributed by atoms with E-state index in [-0.39, 0.29) is 24.3 Å². The van der Waals surface area contributed by atoms with E-state index in [1.54, 1.807) is 0 Å². The molecule has 2 amide bonds. The number of fused-ring (bicyclic) bond motifs is 1. The van der Waals surface area contributed by atoms with E-state index in [1.807, 2.05) is 31.2 Å². The van der Waals surface area contributed by atoms with Crippen LogP contribution in [0.25, 0.3) is 0 Å². The second kappa shape index (κ2) is 7.51. The fourth-order valence-electron chi connectivity index (χ4n) is 3.45. The molecule has 5 heteroatoms. The van der Waals surface area contributed by atoms with Gasteiger partial charge < -0.3 is 15.4 Å². The maximum atomic E-state index is 12.2. The van der Waals surface area contributed by atoms with Crippen molar-refractivity contribution < 1.29 is 14.3 Å². The molecule has 2 N–H and O–H groups in total. The molecule has 1 aliphatic carbocycles. The van der Waals surface area contributed by atoms with Crippen molar-refractivity contribution in [3.8, 4) is 5.75 Å². The third kappa shape index (κ3) is 3.78. The number of carbonyl (C=O) groups is 2. The van der Waals surface area contributed by atoms with E-state index in [0.717, 1.165) is 42.6 Å². The number of hydrogen-bond donors (Lipinski definition) is 2. The van der Waals surface area contributed by atoms with E-state index in [4.69, 9.17) is 4.74 Å². The van der Waals surface area contributed by atoms with Crippen molar-refractivity contribution in [1.82, 2.24) is 10.6 Å². The first-order valence-corrected chi connectivity index (χ1v) is 8.68. The normalized spacial score (nSPS) is 19.7. The predicted octanol–water partition coefficient (Wildman–Crippen LogP) is 2.46. The van der Waals surface area contributed by atoms with Gasteiger partial charge in [0.1, 0.15) is 5.75 Å². The van der Waals surface area contributed by atoms with E-state index in [9.17, 15) is 9.59 Å². The molecule has 1 atom stereocenters. The summed E-state index contributed by atoms with van der Waals surface area (Å²) in [5.74, 6) is 0.625. The van der Waals surface area contributed by atoms with Crippen LogP contribution in [0.5, 0.6) is 5.75 Å². The summed E-state index contributed by atoms with van der Waals surface area (Å²) in [5, 5.41) is 5.90. The second-order valence-corrected chi connectivity index (χ2v) is 6.31. The Labute approximate surface area is 142 Å². The highest BCUT2D eigenvalue weighted by Crippen LogP contribution is 2.32. The number of amides is 2. The molecule has 0 bridgehead atoms. The maximum Gasteiger partial charge on any atom is 0.248 e. The smallest absolute Gasteiger partial charge is 0.248 e. The summed E-state index contributed by atoms with van der Waals surface area (Å²) in [6, 6.07) is 7.84. The molecule has 1 saturated carbocycles. The Bertz CT molecular complexity index is 666. The standard InChI is InChI=1S/C19H24N2O3/c1-2-24-14-7-5-6-13(10-14)12-20-18(22)11-16-15-8-3-4-9-17(15)21-19(16)23/h5-7,10,17H,2-4,8-9,11-12H2,1H3,(H,20,22)(H,21,23). The molecule has 1 heterocycles. The molecule has 1 unspecified atom stereocenters. The Morgan fingerprint density at radius 2 is 2.25 bits per heavy atom. The minimum Gasteiger partial charge on any atom is -0.494 e. The average Bonchev–Trinajstić information content (AvgIpc) is 2.89. The van der Waals surface area contributed by atoms with Gasteiger partial charge in [0, 0.05) is 12.1 Å². The van der Waals surface area contributed by atoms with Gasteiger partial charge in [-0.15, -0.1) is 0 Å². The van der Waals surface area contributed by atoms with Crippen LogP contribution in [0.1, 0.15) is 44.6 Å². The van der Waals surface area contributed by atoms with Crippen molar-refractivity contribution in [3.63, 3.8) is 0 Å². The summed E-state index contributed by atoms with van der Waals surface area (Å²) in [7, 11) is 0. The zero-order chi connectivity index (χ0) is 16.9. The SMILES string of the molecule is CCOc1cccc(CNC(=O)CC2=C3CCCCC3NC2=O)c1. The molecule has 0 aromatic heterocycles. The van der Waals surface area contributed by atoms with Crippen molar-refractivity contribution in [2.24, 2.45) is 0 Å². The largest absolute Gasteiger partial charge is 0.494 e. The average molecular weight is 328 g/mol. The lowest BCUT2D eigenvalue weighted by molar-refractivity contribution is -0.123. The number of ether oxygens (including phenoxy) is 1. The Hall–Kier alpha value is -2.30. The van der Waals surface area contributed by atoms with Crippen LogP contribution in [-0.4, -0.2) is 24.5 Å². The Morgan fingerprint density at radius 3 is 3.08 bits per heavy atom. The fraction of sp³-hybridized carbons (Fsp3) is 0.474. The van der Waals surface area contributed by atoms with Crippen molar-refractivity contribution in [3.05, 3.63) is 41.0 Å². The zero-order valence-corrected chi connectivity index (χ0v) is 14.1. The Kier molecular flexibility index (Phi) is 5.18. The summed E-state index contributed by atoms with van der Waals surface area (Å²) in [6.45, 7) is 2.99. The third-order valence-corrected chi connectivity index (χ3v) is 4.61. The number of nitrogens with one attached hydrogen (secondary N) is 2. The molecule has 0 saturated heterocycles. The Morgan fingerprint density at radius 1 is 1.38 bits per heavy atom. The van der Waals surface area contributed by atoms with Gasteiger partial charge in [0.25, 0.3) is 0 Å². The van der Waals surface area contributed by atoms with Gasteiger partial charge in [0.15, 0.2) is 0 Å². The van der Waals surface area contributed by atoms with Crippen molar-refractivity contribution in [2.75, 3.05) is 6.61 Å². The summed E-state index contributed by atoms with van der Waals surface area (Å²) < 4.78 is 5.46. The van der Waals surface area contributed by atoms with Crippen LogP contribution >= 0.6 is 0 Å². The highest BCUT2D eigenvalue weighted by Gasteiger charge is 2.33. The van der Waals surface area contributed by atoms with Gasteiger partial charge >= 0.3 is 0 Å². The van der Waals surface area contributed by atoms with Crippen LogP contribution in [-0.2, 0) is 16.1 Å². The number of benzene rings is 1. The topological polar surface area (TPSA) is 67.4 Å². The van der Waals surface area contributed by atoms with Crippen molar-refractivity contribution >= 4 is 11.8 Å². The molecule has 24 heavy (non-hydrogen) atoms. The van der Waals surface area contributed by atoms with Gasteiger partial charge in [-0.1, -0.05) is 18.6 Å². The first-order valence-electron chi connectivity index (χ1n) is 8.68. The lowest BCUT2D eigenvalue weighted by Crippen LogP contribution is -2.30. The summed E-state index contributed by atoms with van der Waals surface area (Å²) in [5.41, 5.74) is 2.82. The first kappa shape index (κ1) is 16.6. The van der Waals surface area contributed by atoms with Gasteiger partial charge in [-0.3, -0.25) is 9.59 Å². The number of rotatable bonds is 6. The van der Waals surface area contributed by atoms with Crippen LogP contribution in [0.3, 0.4) is 0 Å². The molecule has 2 aliphatic rings. The summed E-state index contributed by atoms with van der Waals surface area (Å²) in [4.78, 5) is 24.3. The monoisotopic (exact) mass is 328 g/mol. The highest BCUT2D eigenvalue weighted by atomic mass is 16.5. The van der Waals surface area contributed by atoms with Crippen LogP contribution in [0, 0.1) is 0 Å². The molecular formula is C19H24N2O3. The van der Waals surface area contributed by atoms with Crippen molar-refractivity contribution in [2.45, 2.75) is 51.6 Å². The molecule has 5 nitrogen and oxygen atoms in total. The van der Waals surface area contributed by atoms with E-state index in [1.165, 1.54) is 0 Å². The molecule has 1 aliphatic heterocycles. The van der Waals surface area contributed by atoms with Crippen LogP contribution in [0.4, 0.5) is 0 Å². The van der Waals surface area contributed by atoms with Gasteiger partial charge in [0.2, 0.25) is 11.8 Å². The Balaban J connectivity index is 1.58. The highest BCUT2D eigenvalue weighted by molar-refractivity contribution is 6.02. The number of hydrogen-bond acceptors (Lipinski definition) is 3. The zero-order valence-electron chi connectivity index (χ0n) is 14.1. The molecule has 1 aromatic rings. The summed E-state index contributed by atoms with van der Waals surface area (Å²) in [6.07, 6.45) is 4.35. The molecule has 1 fully saturated rings. The van der Waals surface area contributed by atoms with Gasteiger partial charge in [-0.25, -0.2) is 0 Å². The van der Waals surface area contributed by atoms with Gasteiger partial charge in [-0.2, -0.15) is 0 Å². The van der Waals surface area contributed by atoms with Crippen LogP contribution in [0.15, 0.2) is 35.4 Å². The molecule has 0 spiro atoms. The number of carbonyl (C=O) groups excluding carboxylic acids is 2. The fourth-order valence-corrected chi connectivity index (χ4v) is 3.45. The minimum absolute atomic E-state index is 0.0645. The second-order valence-electron chi connectivity index (χ2n) is 6.31. The lowest BCUT2D eigenvalue weighted by Gasteiger charge is -2.20. The van der Waals surface area contributed by atoms with Crippen LogP contribution < -0.4 is 15.4 Å². The first-order chi connectivity index (χ1) is 11.7. The lowest BCUT2D eigenvalue weighted by atomic mass is 9.88. The third-order valence-electron chi connectivity index (χ3n) is 4.61. The molecule has 1 aromatic carbocycles. The molecule has 128 valence electrons. The van der Waals surface area contributed by atoms with E-state index < -0.39 is 0 Å². The quantitative estimate of drug-likeness (QED) is 0.843. The van der Waals surface area contributed by atoms with Crippen molar-refractivity contribution in [1.29, 1.82) is 0 Å². The van der Waals surface area contributed by atoms with Gasteiger partial charge in [0.05, 0.1) is 19.1 Å². The van der Waals surface area contributed by atoms with E-state index in [0.29, 0.717) is 18.7 Å². The predicted molar refractivity (Wildman–Crippen MR) is 91.5 cm³/mol. The molecular weight excluding hydrogens is 304 g/mol. The van der Waals surface area contributed by atoms with Gasteiger partial charge in [-0.05, 0) is 49.5 Å².